The summed E-state index contributed by atoms with van der Waals surface area (Å²) < 4.78 is 12.7. The number of furan rings is 2. The fourth-order valence-electron chi connectivity index (χ4n) is 7.03. The van der Waals surface area contributed by atoms with Crippen LogP contribution in [-0.2, 0) is 0 Å². The molecule has 0 aliphatic carbocycles. The van der Waals surface area contributed by atoms with E-state index in [2.05, 4.69) is 108 Å². The van der Waals surface area contributed by atoms with Crippen molar-refractivity contribution in [3.8, 4) is 11.1 Å². The maximum Gasteiger partial charge on any atom is 0.160 e. The predicted molar refractivity (Wildman–Crippen MR) is 196 cm³/mol. The van der Waals surface area contributed by atoms with E-state index in [0.717, 1.165) is 77.5 Å². The van der Waals surface area contributed by atoms with Gasteiger partial charge in [-0.05, 0) is 69.9 Å². The van der Waals surface area contributed by atoms with Gasteiger partial charge in [-0.3, -0.25) is 0 Å². The van der Waals surface area contributed by atoms with Gasteiger partial charge in [0.1, 0.15) is 34.3 Å². The molecule has 0 radical (unpaired) electrons. The van der Waals surface area contributed by atoms with E-state index < -0.39 is 0 Å². The number of benzene rings is 7. The van der Waals surface area contributed by atoms with Crippen molar-refractivity contribution in [2.75, 3.05) is 0 Å². The molecule has 10 rings (SSSR count). The fraction of sp³-hybridized carbons (Fsp3) is 0.0233. The van der Waals surface area contributed by atoms with Crippen molar-refractivity contribution in [3.05, 3.63) is 168 Å². The molecular formula is C43H27N3O2. The molecule has 48 heavy (non-hydrogen) atoms. The van der Waals surface area contributed by atoms with Gasteiger partial charge in [0.25, 0.3) is 0 Å². The van der Waals surface area contributed by atoms with Crippen LogP contribution in [-0.4, -0.2) is 11.7 Å². The number of nitrogens with one attached hydrogen (secondary N) is 1. The molecule has 1 atom stereocenters. The third kappa shape index (κ3) is 4.25. The van der Waals surface area contributed by atoms with Crippen LogP contribution in [0.4, 0.5) is 0 Å². The number of amidine groups is 2. The Morgan fingerprint density at radius 3 is 2.06 bits per heavy atom. The van der Waals surface area contributed by atoms with Crippen molar-refractivity contribution in [2.24, 2.45) is 9.98 Å². The van der Waals surface area contributed by atoms with Crippen molar-refractivity contribution in [1.82, 2.24) is 5.32 Å². The SMILES string of the molecule is c1ccc(C2N=C(c3c(-c4ccc5ccccc5c4)ccc4oc5ccccc5c34)N=C(c3ccc4c(c3)oc3ccccc34)N2)cc1. The standard InChI is InChI=1S/C43H27N3O2/c1-2-11-27(12-3-1)41-44-42(30-20-21-33-32-14-6-8-16-35(32)48-38(33)25-30)46-43(45-41)40-31(29-19-18-26-10-4-5-13-28(26)24-29)22-23-37-39(40)34-15-7-9-17-36(34)47-37/h1-25,41H,(H,44,45,46). The quantitative estimate of drug-likeness (QED) is 0.214. The Balaban J connectivity index is 1.24. The minimum absolute atomic E-state index is 0.363. The first kappa shape index (κ1) is 26.7. The van der Waals surface area contributed by atoms with Crippen LogP contribution in [0.1, 0.15) is 22.9 Å². The number of rotatable bonds is 4. The summed E-state index contributed by atoms with van der Waals surface area (Å²) >= 11 is 0. The molecule has 0 spiro atoms. The summed E-state index contributed by atoms with van der Waals surface area (Å²) in [7, 11) is 0. The van der Waals surface area contributed by atoms with Gasteiger partial charge in [0.05, 0.1) is 0 Å². The average molecular weight is 618 g/mol. The molecule has 1 aliphatic rings. The van der Waals surface area contributed by atoms with Gasteiger partial charge in [-0.15, -0.1) is 0 Å². The molecule has 0 saturated heterocycles. The van der Waals surface area contributed by atoms with Crippen LogP contribution in [0.2, 0.25) is 0 Å². The first-order chi connectivity index (χ1) is 23.8. The lowest BCUT2D eigenvalue weighted by Crippen LogP contribution is -2.33. The maximum absolute atomic E-state index is 6.41. The van der Waals surface area contributed by atoms with Gasteiger partial charge in [-0.2, -0.15) is 0 Å². The molecule has 0 bridgehead atoms. The largest absolute Gasteiger partial charge is 0.456 e. The number of hydrogen-bond donors (Lipinski definition) is 1. The van der Waals surface area contributed by atoms with Crippen molar-refractivity contribution in [3.63, 3.8) is 0 Å². The molecule has 0 saturated carbocycles. The van der Waals surface area contributed by atoms with E-state index in [1.54, 1.807) is 0 Å². The summed E-state index contributed by atoms with van der Waals surface area (Å²) in [6.45, 7) is 0. The summed E-state index contributed by atoms with van der Waals surface area (Å²) in [5.41, 5.74) is 8.36. The summed E-state index contributed by atoms with van der Waals surface area (Å²) in [4.78, 5) is 10.6. The molecule has 5 heteroatoms. The molecule has 7 aromatic carbocycles. The highest BCUT2D eigenvalue weighted by molar-refractivity contribution is 6.25. The topological polar surface area (TPSA) is 63.0 Å². The highest BCUT2D eigenvalue weighted by Gasteiger charge is 2.26. The van der Waals surface area contributed by atoms with E-state index in [1.165, 1.54) is 10.8 Å². The first-order valence-electron chi connectivity index (χ1n) is 16.1. The Kier molecular flexibility index (Phi) is 5.87. The second kappa shape index (κ2) is 10.5. The summed E-state index contributed by atoms with van der Waals surface area (Å²) in [5, 5.41) is 10.2. The van der Waals surface area contributed by atoms with Crippen molar-refractivity contribution in [1.29, 1.82) is 0 Å². The van der Waals surface area contributed by atoms with E-state index in [1.807, 2.05) is 48.5 Å². The molecule has 226 valence electrons. The van der Waals surface area contributed by atoms with Crippen molar-refractivity contribution in [2.45, 2.75) is 6.17 Å². The average Bonchev–Trinajstić information content (AvgIpc) is 3.72. The van der Waals surface area contributed by atoms with Gasteiger partial charge < -0.3 is 14.2 Å². The third-order valence-corrected chi connectivity index (χ3v) is 9.34. The van der Waals surface area contributed by atoms with E-state index in [0.29, 0.717) is 5.84 Å². The minimum atomic E-state index is -0.363. The van der Waals surface area contributed by atoms with Crippen LogP contribution in [0.15, 0.2) is 170 Å². The fourth-order valence-corrected chi connectivity index (χ4v) is 7.03. The first-order valence-corrected chi connectivity index (χ1v) is 16.1. The normalized spacial score (nSPS) is 14.9. The van der Waals surface area contributed by atoms with Crippen LogP contribution < -0.4 is 5.32 Å². The second-order valence-corrected chi connectivity index (χ2v) is 12.2. The van der Waals surface area contributed by atoms with Crippen LogP contribution in [0.5, 0.6) is 0 Å². The van der Waals surface area contributed by atoms with Gasteiger partial charge in [0.15, 0.2) is 5.84 Å². The van der Waals surface area contributed by atoms with Gasteiger partial charge in [-0.1, -0.05) is 109 Å². The highest BCUT2D eigenvalue weighted by atomic mass is 16.3. The van der Waals surface area contributed by atoms with E-state index in [-0.39, 0.29) is 6.17 Å². The summed E-state index contributed by atoms with van der Waals surface area (Å²) in [5.74, 6) is 1.37. The molecule has 1 aliphatic heterocycles. The Morgan fingerprint density at radius 1 is 0.500 bits per heavy atom. The maximum atomic E-state index is 6.41. The van der Waals surface area contributed by atoms with Crippen LogP contribution in [0, 0.1) is 0 Å². The second-order valence-electron chi connectivity index (χ2n) is 12.2. The van der Waals surface area contributed by atoms with E-state index in [9.17, 15) is 0 Å². The molecule has 1 unspecified atom stereocenters. The van der Waals surface area contributed by atoms with Gasteiger partial charge in [0, 0.05) is 32.7 Å². The lowest BCUT2D eigenvalue weighted by molar-refractivity contribution is 0.666. The molecule has 2 aromatic heterocycles. The Hall–Kier alpha value is -6.46. The molecule has 9 aromatic rings. The Bertz CT molecular complexity index is 2770. The third-order valence-electron chi connectivity index (χ3n) is 9.34. The zero-order chi connectivity index (χ0) is 31.6. The zero-order valence-electron chi connectivity index (χ0n) is 25.7. The smallest absolute Gasteiger partial charge is 0.160 e. The molecule has 1 N–H and O–H groups in total. The van der Waals surface area contributed by atoms with Crippen LogP contribution >= 0.6 is 0 Å². The van der Waals surface area contributed by atoms with Crippen LogP contribution in [0.3, 0.4) is 0 Å². The highest BCUT2D eigenvalue weighted by Crippen LogP contribution is 2.40. The molecule has 0 amide bonds. The van der Waals surface area contributed by atoms with Crippen LogP contribution in [0.25, 0.3) is 65.8 Å². The minimum Gasteiger partial charge on any atom is -0.456 e. The molecular weight excluding hydrogens is 590 g/mol. The number of aliphatic imine (C=N–C) groups is 2. The summed E-state index contributed by atoms with van der Waals surface area (Å²) in [6.07, 6.45) is -0.363. The lowest BCUT2D eigenvalue weighted by atomic mass is 9.93. The van der Waals surface area contributed by atoms with Crippen molar-refractivity contribution >= 4 is 66.3 Å². The number of fused-ring (bicyclic) bond motifs is 7. The lowest BCUT2D eigenvalue weighted by Gasteiger charge is -2.24. The monoisotopic (exact) mass is 617 g/mol. The predicted octanol–water partition coefficient (Wildman–Crippen LogP) is 10.8. The van der Waals surface area contributed by atoms with Gasteiger partial charge in [0.2, 0.25) is 0 Å². The molecule has 3 heterocycles. The van der Waals surface area contributed by atoms with Gasteiger partial charge >= 0.3 is 0 Å². The summed E-state index contributed by atoms with van der Waals surface area (Å²) in [6, 6.07) is 52.2. The molecule has 0 fully saturated rings. The Labute approximate surface area is 275 Å². The van der Waals surface area contributed by atoms with Crippen molar-refractivity contribution < 1.29 is 8.83 Å². The number of para-hydroxylation sites is 2. The zero-order valence-corrected chi connectivity index (χ0v) is 25.7. The van der Waals surface area contributed by atoms with E-state index in [4.69, 9.17) is 18.8 Å². The Morgan fingerprint density at radius 2 is 1.19 bits per heavy atom. The van der Waals surface area contributed by atoms with E-state index >= 15 is 0 Å². The number of hydrogen-bond acceptors (Lipinski definition) is 5. The molecule has 5 nitrogen and oxygen atoms in total. The van der Waals surface area contributed by atoms with Gasteiger partial charge in [-0.25, -0.2) is 9.98 Å². The number of nitrogens with zero attached hydrogens (tertiary/aromatic N) is 2.